The molecule has 7 heteroatoms. The lowest BCUT2D eigenvalue weighted by Gasteiger charge is -2.08. The highest BCUT2D eigenvalue weighted by Crippen LogP contribution is 1.97. The molecular weight excluding hydrogens is 290 g/mol. The highest BCUT2D eigenvalue weighted by atomic mass is 79.9. The molecule has 0 fully saturated rings. The van der Waals surface area contributed by atoms with E-state index >= 15 is 0 Å². The van der Waals surface area contributed by atoms with Crippen molar-refractivity contribution < 1.29 is 4.79 Å². The Labute approximate surface area is 106 Å². The molecule has 0 unspecified atom stereocenters. The number of amides is 1. The van der Waals surface area contributed by atoms with Crippen LogP contribution in [0.2, 0.25) is 0 Å². The minimum absolute atomic E-state index is 0.110. The maximum atomic E-state index is 11.5. The second-order valence-corrected chi connectivity index (χ2v) is 4.92. The fraction of sp³-hybridized carbons (Fsp3) is 0.500. The van der Waals surface area contributed by atoms with Gasteiger partial charge in [0.25, 0.3) is 5.56 Å². The average Bonchev–Trinajstić information content (AvgIpc) is 2.23. The number of rotatable bonds is 4. The molecule has 0 spiro atoms. The molecule has 1 aromatic heterocycles. The van der Waals surface area contributed by atoms with Crippen molar-refractivity contribution in [2.24, 2.45) is 5.92 Å². The zero-order chi connectivity index (χ0) is 13.0. The maximum absolute atomic E-state index is 11.5. The third-order valence-electron chi connectivity index (χ3n) is 1.99. The molecule has 0 saturated carbocycles. The normalized spacial score (nSPS) is 10.6. The number of carbonyl (C=O) groups excluding carboxylic acids is 1. The van der Waals surface area contributed by atoms with Crippen LogP contribution in [-0.4, -0.2) is 22.0 Å². The third-order valence-corrected chi connectivity index (χ3v) is 2.55. The van der Waals surface area contributed by atoms with Gasteiger partial charge in [-0.15, -0.1) is 0 Å². The first-order valence-corrected chi connectivity index (χ1v) is 5.95. The fourth-order valence-corrected chi connectivity index (χ4v) is 1.48. The van der Waals surface area contributed by atoms with E-state index in [0.717, 1.165) is 4.57 Å². The molecular formula is C10H14BrN3O3. The standard InChI is InChI=1S/C10H14BrN3O3/c1-6(2)3-12-8(15)5-14-4-7(11)9(16)13-10(14)17/h4,6H,3,5H2,1-2H3,(H,12,15)(H,13,16,17). The second kappa shape index (κ2) is 5.81. The lowest BCUT2D eigenvalue weighted by Crippen LogP contribution is -2.37. The third kappa shape index (κ3) is 4.18. The van der Waals surface area contributed by atoms with Gasteiger partial charge in [0.15, 0.2) is 0 Å². The summed E-state index contributed by atoms with van der Waals surface area (Å²) in [5.41, 5.74) is -1.10. The van der Waals surface area contributed by atoms with Crippen molar-refractivity contribution in [1.29, 1.82) is 0 Å². The molecule has 1 amide bonds. The highest BCUT2D eigenvalue weighted by Gasteiger charge is 2.07. The van der Waals surface area contributed by atoms with Crippen LogP contribution < -0.4 is 16.6 Å². The zero-order valence-electron chi connectivity index (χ0n) is 9.62. The second-order valence-electron chi connectivity index (χ2n) is 4.06. The number of hydrogen-bond donors (Lipinski definition) is 2. The first-order valence-electron chi connectivity index (χ1n) is 5.16. The number of nitrogens with zero attached hydrogens (tertiary/aromatic N) is 1. The highest BCUT2D eigenvalue weighted by molar-refractivity contribution is 9.10. The molecule has 0 aromatic carbocycles. The van der Waals surface area contributed by atoms with Crippen molar-refractivity contribution in [3.05, 3.63) is 31.5 Å². The van der Waals surface area contributed by atoms with E-state index in [1.807, 2.05) is 13.8 Å². The molecule has 2 N–H and O–H groups in total. The summed E-state index contributed by atoms with van der Waals surface area (Å²) in [4.78, 5) is 36.0. The van der Waals surface area contributed by atoms with Gasteiger partial charge in [0.05, 0.1) is 4.47 Å². The number of carbonyl (C=O) groups is 1. The maximum Gasteiger partial charge on any atom is 0.328 e. The molecule has 0 radical (unpaired) electrons. The van der Waals surface area contributed by atoms with Crippen molar-refractivity contribution in [2.45, 2.75) is 20.4 Å². The Morgan fingerprint density at radius 1 is 1.53 bits per heavy atom. The van der Waals surface area contributed by atoms with Gasteiger partial charge in [0, 0.05) is 12.7 Å². The van der Waals surface area contributed by atoms with Gasteiger partial charge in [-0.1, -0.05) is 13.8 Å². The fourth-order valence-electron chi connectivity index (χ4n) is 1.13. The minimum atomic E-state index is -0.599. The summed E-state index contributed by atoms with van der Waals surface area (Å²) in [6, 6.07) is 0. The Kier molecular flexibility index (Phi) is 4.68. The van der Waals surface area contributed by atoms with Crippen molar-refractivity contribution in [2.75, 3.05) is 6.54 Å². The molecule has 1 rings (SSSR count). The number of nitrogens with one attached hydrogen (secondary N) is 2. The predicted octanol–water partition coefficient (Wildman–Crippen LogP) is 0.0713. The van der Waals surface area contributed by atoms with E-state index in [1.165, 1.54) is 6.20 Å². The molecule has 1 aromatic rings. The van der Waals surface area contributed by atoms with E-state index in [1.54, 1.807) is 0 Å². The summed E-state index contributed by atoms with van der Waals surface area (Å²) in [7, 11) is 0. The Bertz CT molecular complexity index is 518. The van der Waals surface area contributed by atoms with Crippen LogP contribution >= 0.6 is 15.9 Å². The smallest absolute Gasteiger partial charge is 0.328 e. The first-order chi connectivity index (χ1) is 7.90. The van der Waals surface area contributed by atoms with Crippen LogP contribution in [0.1, 0.15) is 13.8 Å². The molecule has 0 aliphatic carbocycles. The number of aromatic nitrogens is 2. The average molecular weight is 304 g/mol. The van der Waals surface area contributed by atoms with Crippen LogP contribution in [0.25, 0.3) is 0 Å². The lowest BCUT2D eigenvalue weighted by molar-refractivity contribution is -0.121. The van der Waals surface area contributed by atoms with Crippen LogP contribution in [0.3, 0.4) is 0 Å². The summed E-state index contributed by atoms with van der Waals surface area (Å²) in [5.74, 6) is 0.0812. The molecule has 17 heavy (non-hydrogen) atoms. The van der Waals surface area contributed by atoms with Crippen molar-refractivity contribution in [3.63, 3.8) is 0 Å². The molecule has 0 aliphatic heterocycles. The molecule has 0 saturated heterocycles. The number of H-pyrrole nitrogens is 1. The summed E-state index contributed by atoms with van der Waals surface area (Å²) in [6.45, 7) is 4.39. The number of hydrogen-bond acceptors (Lipinski definition) is 3. The van der Waals surface area contributed by atoms with Crippen molar-refractivity contribution in [3.8, 4) is 0 Å². The minimum Gasteiger partial charge on any atom is -0.354 e. The zero-order valence-corrected chi connectivity index (χ0v) is 11.2. The van der Waals surface area contributed by atoms with Crippen molar-refractivity contribution >= 4 is 21.8 Å². The Morgan fingerprint density at radius 2 is 2.18 bits per heavy atom. The van der Waals surface area contributed by atoms with Gasteiger partial charge >= 0.3 is 5.69 Å². The van der Waals surface area contributed by atoms with E-state index in [9.17, 15) is 14.4 Å². The molecule has 94 valence electrons. The topological polar surface area (TPSA) is 84.0 Å². The summed E-state index contributed by atoms with van der Waals surface area (Å²) in [6.07, 6.45) is 1.30. The quantitative estimate of drug-likeness (QED) is 0.826. The molecule has 0 aliphatic rings. The molecule has 0 atom stereocenters. The van der Waals surface area contributed by atoms with E-state index < -0.39 is 11.2 Å². The van der Waals surface area contributed by atoms with Crippen LogP contribution in [0.5, 0.6) is 0 Å². The van der Waals surface area contributed by atoms with Gasteiger partial charge in [0.2, 0.25) is 5.91 Å². The number of aromatic amines is 1. The van der Waals surface area contributed by atoms with Gasteiger partial charge < -0.3 is 5.32 Å². The van der Waals surface area contributed by atoms with Crippen molar-refractivity contribution in [1.82, 2.24) is 14.9 Å². The molecule has 1 heterocycles. The van der Waals surface area contributed by atoms with Crippen LogP contribution in [0.15, 0.2) is 20.3 Å². The summed E-state index contributed by atoms with van der Waals surface area (Å²) in [5, 5.41) is 2.69. The van der Waals surface area contributed by atoms with E-state index in [4.69, 9.17) is 0 Å². The Balaban J connectivity index is 2.75. The van der Waals surface area contributed by atoms with Gasteiger partial charge in [-0.2, -0.15) is 0 Å². The SMILES string of the molecule is CC(C)CNC(=O)Cn1cc(Br)c(=O)[nH]c1=O. The Hall–Kier alpha value is -1.37. The van der Waals surface area contributed by atoms with E-state index in [0.29, 0.717) is 12.5 Å². The van der Waals surface area contributed by atoms with Crippen LogP contribution in [0, 0.1) is 5.92 Å². The summed E-state index contributed by atoms with van der Waals surface area (Å²) < 4.78 is 1.36. The van der Waals surface area contributed by atoms with Gasteiger partial charge in [-0.25, -0.2) is 4.79 Å². The van der Waals surface area contributed by atoms with Gasteiger partial charge in [-0.05, 0) is 21.8 Å². The summed E-state index contributed by atoms with van der Waals surface area (Å²) >= 11 is 3.00. The van der Waals surface area contributed by atoms with Gasteiger partial charge in [-0.3, -0.25) is 19.1 Å². The number of halogens is 1. The lowest BCUT2D eigenvalue weighted by atomic mass is 10.2. The van der Waals surface area contributed by atoms with Crippen LogP contribution in [-0.2, 0) is 11.3 Å². The Morgan fingerprint density at radius 3 is 2.76 bits per heavy atom. The predicted molar refractivity (Wildman–Crippen MR) is 66.9 cm³/mol. The van der Waals surface area contributed by atoms with Gasteiger partial charge in [0.1, 0.15) is 6.54 Å². The largest absolute Gasteiger partial charge is 0.354 e. The van der Waals surface area contributed by atoms with E-state index in [-0.39, 0.29) is 16.9 Å². The molecule has 0 bridgehead atoms. The first kappa shape index (κ1) is 13.7. The molecule has 6 nitrogen and oxygen atoms in total. The van der Waals surface area contributed by atoms with E-state index in [2.05, 4.69) is 26.2 Å². The van der Waals surface area contributed by atoms with Crippen LogP contribution in [0.4, 0.5) is 0 Å². The monoisotopic (exact) mass is 303 g/mol.